The fourth-order valence-electron chi connectivity index (χ4n) is 3.22. The Hall–Kier alpha value is -2.03. The third kappa shape index (κ3) is 4.12. The van der Waals surface area contributed by atoms with Crippen molar-refractivity contribution in [1.82, 2.24) is 14.3 Å². The normalized spacial score (nSPS) is 15.9. The van der Waals surface area contributed by atoms with E-state index in [-0.39, 0.29) is 4.90 Å². The SMILES string of the molecule is O=S(=O)(c1ccc(NCCc2nc3ccccc3s2)nc1)N1CCCCC1. The van der Waals surface area contributed by atoms with Crippen LogP contribution in [0.4, 0.5) is 5.82 Å². The first-order valence-corrected chi connectivity index (χ1v) is 11.4. The van der Waals surface area contributed by atoms with Gasteiger partial charge in [-0.1, -0.05) is 18.6 Å². The topological polar surface area (TPSA) is 75.2 Å². The molecule has 0 atom stereocenters. The number of benzene rings is 1. The predicted molar refractivity (Wildman–Crippen MR) is 109 cm³/mol. The van der Waals surface area contributed by atoms with Crippen molar-refractivity contribution in [2.45, 2.75) is 30.6 Å². The van der Waals surface area contributed by atoms with Crippen LogP contribution in [0.2, 0.25) is 0 Å². The summed E-state index contributed by atoms with van der Waals surface area (Å²) < 4.78 is 28.0. The molecule has 0 amide bonds. The highest BCUT2D eigenvalue weighted by atomic mass is 32.2. The average molecular weight is 403 g/mol. The average Bonchev–Trinajstić information content (AvgIpc) is 3.12. The number of pyridine rings is 1. The smallest absolute Gasteiger partial charge is 0.244 e. The number of thiazole rings is 1. The molecule has 2 aromatic heterocycles. The van der Waals surface area contributed by atoms with Gasteiger partial charge in [-0.05, 0) is 37.1 Å². The van der Waals surface area contributed by atoms with E-state index in [9.17, 15) is 8.42 Å². The molecule has 0 spiro atoms. The van der Waals surface area contributed by atoms with E-state index < -0.39 is 10.0 Å². The number of nitrogens with one attached hydrogen (secondary N) is 1. The summed E-state index contributed by atoms with van der Waals surface area (Å²) in [5, 5.41) is 4.32. The van der Waals surface area contributed by atoms with Crippen LogP contribution in [-0.4, -0.2) is 42.3 Å². The molecule has 1 aliphatic heterocycles. The van der Waals surface area contributed by atoms with Gasteiger partial charge in [0.25, 0.3) is 0 Å². The van der Waals surface area contributed by atoms with Crippen LogP contribution in [0.5, 0.6) is 0 Å². The van der Waals surface area contributed by atoms with Crippen molar-refractivity contribution >= 4 is 37.4 Å². The van der Waals surface area contributed by atoms with Gasteiger partial charge in [0.1, 0.15) is 10.7 Å². The summed E-state index contributed by atoms with van der Waals surface area (Å²) in [6.07, 6.45) is 5.21. The Labute approximate surface area is 163 Å². The van der Waals surface area contributed by atoms with Crippen molar-refractivity contribution in [3.05, 3.63) is 47.6 Å². The van der Waals surface area contributed by atoms with E-state index in [1.54, 1.807) is 27.8 Å². The molecular weight excluding hydrogens is 380 g/mol. The van der Waals surface area contributed by atoms with Crippen LogP contribution in [-0.2, 0) is 16.4 Å². The lowest BCUT2D eigenvalue weighted by Crippen LogP contribution is -2.35. The Kier molecular flexibility index (Phi) is 5.38. The molecular formula is C19H22N4O2S2. The second kappa shape index (κ2) is 7.92. The molecule has 8 heteroatoms. The van der Waals surface area contributed by atoms with Crippen LogP contribution >= 0.6 is 11.3 Å². The standard InChI is InChI=1S/C19H22N4O2S2/c24-27(25,23-12-4-1-5-13-23)15-8-9-18(21-14-15)20-11-10-19-22-16-6-2-3-7-17(16)26-19/h2-3,6-9,14H,1,4-5,10-13H2,(H,20,21). The highest BCUT2D eigenvalue weighted by Crippen LogP contribution is 2.22. The monoisotopic (exact) mass is 402 g/mol. The number of para-hydroxylation sites is 1. The summed E-state index contributed by atoms with van der Waals surface area (Å²) in [6, 6.07) is 11.5. The van der Waals surface area contributed by atoms with Crippen molar-refractivity contribution in [3.63, 3.8) is 0 Å². The van der Waals surface area contributed by atoms with Gasteiger partial charge in [0.2, 0.25) is 10.0 Å². The number of aromatic nitrogens is 2. The van der Waals surface area contributed by atoms with Crippen LogP contribution in [0.15, 0.2) is 47.5 Å². The highest BCUT2D eigenvalue weighted by Gasteiger charge is 2.26. The lowest BCUT2D eigenvalue weighted by Gasteiger charge is -2.25. The number of hydrogen-bond donors (Lipinski definition) is 1. The fourth-order valence-corrected chi connectivity index (χ4v) is 5.65. The number of piperidine rings is 1. The van der Waals surface area contributed by atoms with Gasteiger partial charge in [-0.15, -0.1) is 11.3 Å². The zero-order chi connectivity index (χ0) is 18.7. The minimum atomic E-state index is -3.42. The van der Waals surface area contributed by atoms with Crippen LogP contribution in [0.1, 0.15) is 24.3 Å². The van der Waals surface area contributed by atoms with Crippen LogP contribution in [0.25, 0.3) is 10.2 Å². The quantitative estimate of drug-likeness (QED) is 0.683. The van der Waals surface area contributed by atoms with E-state index >= 15 is 0 Å². The molecule has 27 heavy (non-hydrogen) atoms. The van der Waals surface area contributed by atoms with Crippen molar-refractivity contribution in [2.24, 2.45) is 0 Å². The molecule has 1 aliphatic rings. The molecule has 0 radical (unpaired) electrons. The molecule has 1 aromatic carbocycles. The molecule has 1 saturated heterocycles. The summed E-state index contributed by atoms with van der Waals surface area (Å²) in [5.41, 5.74) is 1.03. The zero-order valence-corrected chi connectivity index (χ0v) is 16.6. The first-order valence-electron chi connectivity index (χ1n) is 9.17. The lowest BCUT2D eigenvalue weighted by molar-refractivity contribution is 0.346. The highest BCUT2D eigenvalue weighted by molar-refractivity contribution is 7.89. The van der Waals surface area contributed by atoms with Gasteiger partial charge < -0.3 is 5.32 Å². The summed E-state index contributed by atoms with van der Waals surface area (Å²) in [7, 11) is -3.42. The van der Waals surface area contributed by atoms with E-state index in [0.29, 0.717) is 25.5 Å². The maximum Gasteiger partial charge on any atom is 0.244 e. The molecule has 1 N–H and O–H groups in total. The summed E-state index contributed by atoms with van der Waals surface area (Å²) in [6.45, 7) is 1.90. The zero-order valence-electron chi connectivity index (χ0n) is 15.0. The molecule has 4 rings (SSSR count). The Bertz CT molecular complexity index is 977. The van der Waals surface area contributed by atoms with Crippen molar-refractivity contribution in [3.8, 4) is 0 Å². The molecule has 0 bridgehead atoms. The number of anilines is 1. The molecule has 6 nitrogen and oxygen atoms in total. The van der Waals surface area contributed by atoms with Gasteiger partial charge in [-0.25, -0.2) is 18.4 Å². The number of nitrogens with zero attached hydrogens (tertiary/aromatic N) is 3. The summed E-state index contributed by atoms with van der Waals surface area (Å²) in [5.74, 6) is 0.675. The molecule has 3 aromatic rings. The Morgan fingerprint density at radius 2 is 1.89 bits per heavy atom. The molecule has 0 aliphatic carbocycles. The van der Waals surface area contributed by atoms with E-state index in [1.807, 2.05) is 18.2 Å². The van der Waals surface area contributed by atoms with Crippen LogP contribution in [0, 0.1) is 0 Å². The minimum Gasteiger partial charge on any atom is -0.370 e. The van der Waals surface area contributed by atoms with Crippen LogP contribution in [0.3, 0.4) is 0 Å². The summed E-state index contributed by atoms with van der Waals surface area (Å²) in [4.78, 5) is 9.16. The van der Waals surface area contributed by atoms with Gasteiger partial charge in [0.15, 0.2) is 0 Å². The Balaban J connectivity index is 1.36. The van der Waals surface area contributed by atoms with Crippen molar-refractivity contribution in [2.75, 3.05) is 25.0 Å². The second-order valence-corrected chi connectivity index (χ2v) is 9.65. The second-order valence-electron chi connectivity index (χ2n) is 6.60. The van der Waals surface area contributed by atoms with Gasteiger partial charge in [0.05, 0.1) is 15.2 Å². The molecule has 142 valence electrons. The minimum absolute atomic E-state index is 0.265. The van der Waals surface area contributed by atoms with Crippen molar-refractivity contribution < 1.29 is 8.42 Å². The number of fused-ring (bicyclic) bond motifs is 1. The van der Waals surface area contributed by atoms with Gasteiger partial charge in [-0.2, -0.15) is 4.31 Å². The lowest BCUT2D eigenvalue weighted by atomic mass is 10.2. The largest absolute Gasteiger partial charge is 0.370 e. The van der Waals surface area contributed by atoms with E-state index in [0.717, 1.165) is 36.2 Å². The Morgan fingerprint density at radius 3 is 2.63 bits per heavy atom. The first-order chi connectivity index (χ1) is 13.1. The van der Waals surface area contributed by atoms with E-state index in [1.165, 1.54) is 10.9 Å². The number of rotatable bonds is 6. The van der Waals surface area contributed by atoms with Crippen LogP contribution < -0.4 is 5.32 Å². The third-order valence-electron chi connectivity index (χ3n) is 4.67. The Morgan fingerprint density at radius 1 is 1.07 bits per heavy atom. The van der Waals surface area contributed by atoms with E-state index in [4.69, 9.17) is 0 Å². The molecule has 0 saturated carbocycles. The van der Waals surface area contributed by atoms with Gasteiger partial charge >= 0.3 is 0 Å². The number of sulfonamides is 1. The van der Waals surface area contributed by atoms with E-state index in [2.05, 4.69) is 21.4 Å². The molecule has 1 fully saturated rings. The molecule has 3 heterocycles. The molecule has 0 unspecified atom stereocenters. The predicted octanol–water partition coefficient (Wildman–Crippen LogP) is 3.52. The van der Waals surface area contributed by atoms with Gasteiger partial charge in [0, 0.05) is 32.3 Å². The van der Waals surface area contributed by atoms with Crippen molar-refractivity contribution in [1.29, 1.82) is 0 Å². The maximum atomic E-state index is 12.6. The number of hydrogen-bond acceptors (Lipinski definition) is 6. The van der Waals surface area contributed by atoms with Gasteiger partial charge in [-0.3, -0.25) is 0 Å². The maximum absolute atomic E-state index is 12.6. The first kappa shape index (κ1) is 18.3. The third-order valence-corrected chi connectivity index (χ3v) is 7.65. The fraction of sp³-hybridized carbons (Fsp3) is 0.368. The summed E-state index contributed by atoms with van der Waals surface area (Å²) >= 11 is 1.70.